The largest absolute Gasteiger partial charge is 0.455 e. The molecular weight excluding hydrogens is 448 g/mol. The lowest BCUT2D eigenvalue weighted by molar-refractivity contribution is 0.0989. The summed E-state index contributed by atoms with van der Waals surface area (Å²) in [5.41, 5.74) is 2.50. The number of sulfonamides is 1. The molecule has 1 amide bonds. The van der Waals surface area contributed by atoms with Crippen molar-refractivity contribution >= 4 is 27.3 Å². The van der Waals surface area contributed by atoms with E-state index in [1.807, 2.05) is 36.4 Å². The average molecular weight is 471 g/mol. The quantitative estimate of drug-likeness (QED) is 0.405. The summed E-state index contributed by atoms with van der Waals surface area (Å²) in [7, 11) is -3.87. The Balaban J connectivity index is 1.39. The van der Waals surface area contributed by atoms with Gasteiger partial charge in [-0.15, -0.1) is 0 Å². The second-order valence-electron chi connectivity index (χ2n) is 7.88. The summed E-state index contributed by atoms with van der Waals surface area (Å²) in [6.45, 7) is 0.508. The van der Waals surface area contributed by atoms with Crippen LogP contribution in [0.5, 0.6) is 11.5 Å². The molecule has 7 heteroatoms. The van der Waals surface area contributed by atoms with E-state index in [-0.39, 0.29) is 10.8 Å². The Hall–Kier alpha value is -4.10. The SMILES string of the molecule is O=C(c1ccccc1)N1CCc2cc(S(=O)(=O)Nc3ccccc3Oc3ccccc3)ccc21. The van der Waals surface area contributed by atoms with Crippen LogP contribution < -0.4 is 14.4 Å². The topological polar surface area (TPSA) is 75.7 Å². The molecule has 4 aromatic rings. The molecule has 0 unspecified atom stereocenters. The van der Waals surface area contributed by atoms with Crippen LogP contribution in [0.15, 0.2) is 108 Å². The summed E-state index contributed by atoms with van der Waals surface area (Å²) in [6, 6.07) is 30.0. The number of amides is 1. The molecule has 0 radical (unpaired) electrons. The van der Waals surface area contributed by atoms with Crippen molar-refractivity contribution in [1.82, 2.24) is 0 Å². The van der Waals surface area contributed by atoms with Gasteiger partial charge in [0.2, 0.25) is 0 Å². The predicted octanol–water partition coefficient (Wildman–Crippen LogP) is 5.48. The van der Waals surface area contributed by atoms with Crippen LogP contribution in [0, 0.1) is 0 Å². The van der Waals surface area contributed by atoms with Crippen LogP contribution in [0.4, 0.5) is 11.4 Å². The molecule has 0 bridgehead atoms. The number of nitrogens with one attached hydrogen (secondary N) is 1. The molecule has 0 aromatic heterocycles. The number of anilines is 2. The number of carbonyl (C=O) groups excluding carboxylic acids is 1. The molecule has 1 aliphatic rings. The Morgan fingerprint density at radius 2 is 1.50 bits per heavy atom. The lowest BCUT2D eigenvalue weighted by atomic mass is 10.1. The van der Waals surface area contributed by atoms with Gasteiger partial charge in [0.05, 0.1) is 10.6 Å². The number of para-hydroxylation sites is 3. The summed E-state index contributed by atoms with van der Waals surface area (Å²) in [5.74, 6) is 0.910. The Morgan fingerprint density at radius 3 is 2.26 bits per heavy atom. The van der Waals surface area contributed by atoms with Gasteiger partial charge in [-0.3, -0.25) is 9.52 Å². The minimum atomic E-state index is -3.87. The number of nitrogens with zero attached hydrogens (tertiary/aromatic N) is 1. The molecule has 1 aliphatic heterocycles. The highest BCUT2D eigenvalue weighted by atomic mass is 32.2. The molecule has 170 valence electrons. The number of ether oxygens (including phenoxy) is 1. The summed E-state index contributed by atoms with van der Waals surface area (Å²) in [6.07, 6.45) is 0.588. The first-order valence-electron chi connectivity index (χ1n) is 10.9. The van der Waals surface area contributed by atoms with Crippen molar-refractivity contribution in [2.24, 2.45) is 0 Å². The monoisotopic (exact) mass is 470 g/mol. The van der Waals surface area contributed by atoms with Crippen LogP contribution in [-0.2, 0) is 16.4 Å². The highest BCUT2D eigenvalue weighted by Crippen LogP contribution is 2.34. The summed E-state index contributed by atoms with van der Waals surface area (Å²) >= 11 is 0. The predicted molar refractivity (Wildman–Crippen MR) is 132 cm³/mol. The molecule has 0 saturated heterocycles. The van der Waals surface area contributed by atoms with Crippen molar-refractivity contribution in [3.63, 3.8) is 0 Å². The molecule has 1 heterocycles. The molecule has 0 spiro atoms. The first-order valence-corrected chi connectivity index (χ1v) is 12.3. The first-order chi connectivity index (χ1) is 16.5. The normalized spacial score (nSPS) is 12.8. The molecule has 1 N–H and O–H groups in total. The highest BCUT2D eigenvalue weighted by molar-refractivity contribution is 7.92. The zero-order valence-electron chi connectivity index (χ0n) is 18.2. The Kier molecular flexibility index (Phi) is 5.77. The van der Waals surface area contributed by atoms with Crippen LogP contribution >= 0.6 is 0 Å². The molecule has 6 nitrogen and oxygen atoms in total. The number of benzene rings is 4. The Bertz CT molecular complexity index is 1440. The maximum atomic E-state index is 13.2. The van der Waals surface area contributed by atoms with Crippen LogP contribution in [0.25, 0.3) is 0 Å². The van der Waals surface area contributed by atoms with Gasteiger partial charge in [-0.2, -0.15) is 0 Å². The van der Waals surface area contributed by atoms with Crippen LogP contribution in [0.1, 0.15) is 15.9 Å². The number of rotatable bonds is 6. The second kappa shape index (κ2) is 9.03. The maximum Gasteiger partial charge on any atom is 0.262 e. The van der Waals surface area contributed by atoms with E-state index >= 15 is 0 Å². The van der Waals surface area contributed by atoms with Gasteiger partial charge < -0.3 is 9.64 Å². The van der Waals surface area contributed by atoms with E-state index in [4.69, 9.17) is 4.74 Å². The van der Waals surface area contributed by atoms with E-state index in [1.165, 1.54) is 6.07 Å². The van der Waals surface area contributed by atoms with Crippen LogP contribution in [0.2, 0.25) is 0 Å². The van der Waals surface area contributed by atoms with Crippen molar-refractivity contribution < 1.29 is 17.9 Å². The maximum absolute atomic E-state index is 13.2. The lowest BCUT2D eigenvalue weighted by Crippen LogP contribution is -2.28. The minimum absolute atomic E-state index is 0.0972. The van der Waals surface area contributed by atoms with Gasteiger partial charge in [0, 0.05) is 17.8 Å². The summed E-state index contributed by atoms with van der Waals surface area (Å²) in [4.78, 5) is 14.7. The number of carbonyl (C=O) groups is 1. The minimum Gasteiger partial charge on any atom is -0.455 e. The number of hydrogen-bond donors (Lipinski definition) is 1. The lowest BCUT2D eigenvalue weighted by Gasteiger charge is -2.18. The van der Waals surface area contributed by atoms with Gasteiger partial charge in [0.1, 0.15) is 5.75 Å². The zero-order valence-corrected chi connectivity index (χ0v) is 19.0. The van der Waals surface area contributed by atoms with E-state index in [1.54, 1.807) is 65.6 Å². The Labute approximate surface area is 198 Å². The molecule has 0 aliphatic carbocycles. The standard InChI is InChI=1S/C27H22N2O4S/c30-27(20-9-3-1-4-10-20)29-18-17-21-19-23(15-16-25(21)29)34(31,32)28-24-13-7-8-14-26(24)33-22-11-5-2-6-12-22/h1-16,19,28H,17-18H2. The fourth-order valence-electron chi connectivity index (χ4n) is 3.95. The fraction of sp³-hybridized carbons (Fsp3) is 0.0741. The van der Waals surface area contributed by atoms with Gasteiger partial charge in [-0.05, 0) is 66.6 Å². The van der Waals surface area contributed by atoms with Gasteiger partial charge in [-0.1, -0.05) is 48.5 Å². The summed E-state index contributed by atoms with van der Waals surface area (Å²) < 4.78 is 34.9. The third kappa shape index (κ3) is 4.38. The van der Waals surface area contributed by atoms with Crippen LogP contribution in [0.3, 0.4) is 0 Å². The van der Waals surface area contributed by atoms with E-state index in [9.17, 15) is 13.2 Å². The van der Waals surface area contributed by atoms with E-state index in [2.05, 4.69) is 4.72 Å². The molecule has 0 fully saturated rings. The van der Waals surface area contributed by atoms with Crippen molar-refractivity contribution in [2.75, 3.05) is 16.2 Å². The molecule has 0 atom stereocenters. The van der Waals surface area contributed by atoms with Gasteiger partial charge >= 0.3 is 0 Å². The molecule has 5 rings (SSSR count). The van der Waals surface area contributed by atoms with E-state index < -0.39 is 10.0 Å². The Morgan fingerprint density at radius 1 is 0.824 bits per heavy atom. The van der Waals surface area contributed by atoms with E-state index in [0.717, 1.165) is 11.3 Å². The van der Waals surface area contributed by atoms with Gasteiger partial charge in [-0.25, -0.2) is 8.42 Å². The fourth-order valence-corrected chi connectivity index (χ4v) is 5.07. The second-order valence-corrected chi connectivity index (χ2v) is 9.56. The number of fused-ring (bicyclic) bond motifs is 1. The molecular formula is C27H22N2O4S. The van der Waals surface area contributed by atoms with Gasteiger partial charge in [0.15, 0.2) is 5.75 Å². The van der Waals surface area contributed by atoms with Crippen molar-refractivity contribution in [3.8, 4) is 11.5 Å². The van der Waals surface area contributed by atoms with Gasteiger partial charge in [0.25, 0.3) is 15.9 Å². The smallest absolute Gasteiger partial charge is 0.262 e. The third-order valence-electron chi connectivity index (χ3n) is 5.63. The molecule has 0 saturated carbocycles. The first kappa shape index (κ1) is 21.7. The molecule has 4 aromatic carbocycles. The summed E-state index contributed by atoms with van der Waals surface area (Å²) in [5, 5.41) is 0. The highest BCUT2D eigenvalue weighted by Gasteiger charge is 2.27. The van der Waals surface area contributed by atoms with Crippen molar-refractivity contribution in [2.45, 2.75) is 11.3 Å². The van der Waals surface area contributed by atoms with Crippen molar-refractivity contribution in [3.05, 3.63) is 114 Å². The zero-order chi connectivity index (χ0) is 23.5. The van der Waals surface area contributed by atoms with Crippen LogP contribution in [-0.4, -0.2) is 20.9 Å². The van der Waals surface area contributed by atoms with Crippen molar-refractivity contribution in [1.29, 1.82) is 0 Å². The molecule has 34 heavy (non-hydrogen) atoms. The average Bonchev–Trinajstić information content (AvgIpc) is 3.29. The third-order valence-corrected chi connectivity index (χ3v) is 6.99. The van der Waals surface area contributed by atoms with E-state index in [0.29, 0.717) is 35.7 Å². The number of hydrogen-bond acceptors (Lipinski definition) is 4.